The average molecular weight is 335 g/mol. The van der Waals surface area contributed by atoms with Gasteiger partial charge in [0.25, 0.3) is 0 Å². The third-order valence-electron chi connectivity index (χ3n) is 4.54. The van der Waals surface area contributed by atoms with Gasteiger partial charge in [-0.1, -0.05) is 24.3 Å². The molecule has 0 atom stereocenters. The van der Waals surface area contributed by atoms with E-state index in [1.54, 1.807) is 29.0 Å². The molecule has 1 aliphatic rings. The van der Waals surface area contributed by atoms with E-state index in [0.29, 0.717) is 5.56 Å². The summed E-state index contributed by atoms with van der Waals surface area (Å²) in [4.78, 5) is 17.3. The van der Waals surface area contributed by atoms with E-state index in [9.17, 15) is 9.18 Å². The van der Waals surface area contributed by atoms with Gasteiger partial charge in [0.15, 0.2) is 0 Å². The minimum atomic E-state index is -0.355. The molecule has 3 heterocycles. The molecule has 3 aromatic rings. The van der Waals surface area contributed by atoms with Crippen LogP contribution in [0.25, 0.3) is 16.6 Å². The summed E-state index contributed by atoms with van der Waals surface area (Å²) < 4.78 is 15.5. The molecule has 4 rings (SSSR count). The van der Waals surface area contributed by atoms with E-state index in [-0.39, 0.29) is 18.1 Å². The van der Waals surface area contributed by atoms with Gasteiger partial charge in [0.05, 0.1) is 17.5 Å². The van der Waals surface area contributed by atoms with E-state index >= 15 is 0 Å². The van der Waals surface area contributed by atoms with Crippen molar-refractivity contribution >= 4 is 22.5 Å². The Morgan fingerprint density at radius 2 is 2.12 bits per heavy atom. The largest absolute Gasteiger partial charge is 0.313 e. The van der Waals surface area contributed by atoms with Crippen LogP contribution in [0.4, 0.5) is 4.39 Å². The fourth-order valence-corrected chi connectivity index (χ4v) is 3.26. The molecule has 1 N–H and O–H groups in total. The molecule has 25 heavy (non-hydrogen) atoms. The van der Waals surface area contributed by atoms with Crippen LogP contribution in [0.3, 0.4) is 0 Å². The highest BCUT2D eigenvalue weighted by Crippen LogP contribution is 2.28. The molecular weight excluding hydrogens is 317 g/mol. The number of nitrogens with zero attached hydrogens (tertiary/aromatic N) is 2. The minimum absolute atomic E-state index is 0.0192. The molecule has 0 bridgehead atoms. The highest BCUT2D eigenvalue weighted by atomic mass is 19.1. The molecule has 1 aromatic carbocycles. The van der Waals surface area contributed by atoms with Gasteiger partial charge in [-0.3, -0.25) is 14.3 Å². The number of rotatable bonds is 3. The van der Waals surface area contributed by atoms with Crippen molar-refractivity contribution in [2.75, 3.05) is 13.1 Å². The van der Waals surface area contributed by atoms with Crippen LogP contribution >= 0.6 is 0 Å². The normalized spacial score (nSPS) is 14.5. The number of pyridine rings is 1. The molecule has 0 saturated heterocycles. The Hall–Kier alpha value is -2.79. The monoisotopic (exact) mass is 335 g/mol. The summed E-state index contributed by atoms with van der Waals surface area (Å²) in [5.41, 5.74) is 4.16. The zero-order chi connectivity index (χ0) is 17.2. The van der Waals surface area contributed by atoms with Gasteiger partial charge in [0, 0.05) is 24.5 Å². The Bertz CT molecular complexity index is 974. The number of aromatic nitrogens is 2. The molecule has 0 amide bonds. The zero-order valence-corrected chi connectivity index (χ0v) is 13.7. The third-order valence-corrected chi connectivity index (χ3v) is 4.54. The van der Waals surface area contributed by atoms with Crippen LogP contribution in [0.2, 0.25) is 0 Å². The van der Waals surface area contributed by atoms with Crippen molar-refractivity contribution in [3.63, 3.8) is 0 Å². The van der Waals surface area contributed by atoms with Gasteiger partial charge in [0.1, 0.15) is 5.82 Å². The summed E-state index contributed by atoms with van der Waals surface area (Å²) in [6.07, 6.45) is 6.64. The lowest BCUT2D eigenvalue weighted by Crippen LogP contribution is -2.20. The van der Waals surface area contributed by atoms with Gasteiger partial charge in [-0.25, -0.2) is 4.39 Å². The first-order valence-corrected chi connectivity index (χ1v) is 8.37. The van der Waals surface area contributed by atoms with Gasteiger partial charge >= 0.3 is 0 Å². The lowest BCUT2D eigenvalue weighted by Gasteiger charge is -2.12. The maximum Gasteiger partial charge on any atom is 0.235 e. The summed E-state index contributed by atoms with van der Waals surface area (Å²) in [6.45, 7) is 1.73. The number of halogens is 1. The zero-order valence-electron chi connectivity index (χ0n) is 13.7. The van der Waals surface area contributed by atoms with E-state index in [2.05, 4.69) is 16.4 Å². The lowest BCUT2D eigenvalue weighted by atomic mass is 10.0. The quantitative estimate of drug-likeness (QED) is 0.798. The smallest absolute Gasteiger partial charge is 0.235 e. The van der Waals surface area contributed by atoms with E-state index in [1.165, 1.54) is 11.6 Å². The Kier molecular flexibility index (Phi) is 4.15. The van der Waals surface area contributed by atoms with Crippen LogP contribution in [0.15, 0.2) is 54.9 Å². The minimum Gasteiger partial charge on any atom is -0.313 e. The van der Waals surface area contributed by atoms with E-state index in [4.69, 9.17) is 0 Å². The van der Waals surface area contributed by atoms with Crippen molar-refractivity contribution in [1.29, 1.82) is 0 Å². The van der Waals surface area contributed by atoms with Crippen LogP contribution in [0.1, 0.15) is 22.3 Å². The fourth-order valence-electron chi connectivity index (χ4n) is 3.26. The summed E-state index contributed by atoms with van der Waals surface area (Å²) in [5.74, 6) is -0.518. The van der Waals surface area contributed by atoms with Crippen LogP contribution in [-0.4, -0.2) is 28.5 Å². The van der Waals surface area contributed by atoms with Crippen molar-refractivity contribution in [3.05, 3.63) is 71.8 Å². The first-order valence-electron chi connectivity index (χ1n) is 8.37. The second kappa shape index (κ2) is 6.61. The molecule has 0 spiro atoms. The Morgan fingerprint density at radius 3 is 2.92 bits per heavy atom. The number of carbonyl (C=O) groups is 1. The molecular formula is C20H18FN3O. The molecule has 5 heteroatoms. The van der Waals surface area contributed by atoms with Crippen molar-refractivity contribution < 1.29 is 9.18 Å². The van der Waals surface area contributed by atoms with Gasteiger partial charge in [-0.2, -0.15) is 0 Å². The van der Waals surface area contributed by atoms with Crippen molar-refractivity contribution in [2.45, 2.75) is 12.8 Å². The van der Waals surface area contributed by atoms with Gasteiger partial charge < -0.3 is 5.32 Å². The number of fused-ring (bicyclic) bond motifs is 1. The van der Waals surface area contributed by atoms with Crippen LogP contribution < -0.4 is 5.32 Å². The highest BCUT2D eigenvalue weighted by molar-refractivity contribution is 5.98. The SMILES string of the molecule is O=C(Cc1ccccc1F)n1cc(C2=CCNCC2)c2ncccc21. The second-order valence-corrected chi connectivity index (χ2v) is 6.13. The summed E-state index contributed by atoms with van der Waals surface area (Å²) in [6, 6.07) is 10.1. The predicted octanol–water partition coefficient (Wildman–Crippen LogP) is 3.44. The standard InChI is InChI=1S/C20H18FN3O/c21-17-5-2-1-4-15(17)12-19(25)24-13-16(14-7-10-22-11-8-14)20-18(24)6-3-9-23-20/h1-7,9,13,22H,8,10-12H2. The summed E-state index contributed by atoms with van der Waals surface area (Å²) in [5, 5.41) is 3.29. The molecule has 2 aromatic heterocycles. The second-order valence-electron chi connectivity index (χ2n) is 6.13. The maximum absolute atomic E-state index is 13.9. The number of nitrogens with one attached hydrogen (secondary N) is 1. The number of hydrogen-bond donors (Lipinski definition) is 1. The van der Waals surface area contributed by atoms with E-state index in [1.807, 2.05) is 18.3 Å². The summed E-state index contributed by atoms with van der Waals surface area (Å²) in [7, 11) is 0. The first kappa shape index (κ1) is 15.7. The van der Waals surface area contributed by atoms with Gasteiger partial charge in [-0.15, -0.1) is 0 Å². The average Bonchev–Trinajstić information content (AvgIpc) is 3.04. The molecule has 0 aliphatic carbocycles. The van der Waals surface area contributed by atoms with Crippen LogP contribution in [0, 0.1) is 5.82 Å². The van der Waals surface area contributed by atoms with E-state index < -0.39 is 0 Å². The Labute approximate surface area is 145 Å². The van der Waals surface area contributed by atoms with Crippen LogP contribution in [0.5, 0.6) is 0 Å². The van der Waals surface area contributed by atoms with Crippen molar-refractivity contribution in [2.24, 2.45) is 0 Å². The third kappa shape index (κ3) is 2.98. The summed E-state index contributed by atoms with van der Waals surface area (Å²) >= 11 is 0. The maximum atomic E-state index is 13.9. The topological polar surface area (TPSA) is 46.9 Å². The molecule has 4 nitrogen and oxygen atoms in total. The number of hydrogen-bond acceptors (Lipinski definition) is 3. The highest BCUT2D eigenvalue weighted by Gasteiger charge is 2.18. The predicted molar refractivity (Wildman–Crippen MR) is 95.9 cm³/mol. The number of carbonyl (C=O) groups excluding carboxylic acids is 1. The molecule has 1 aliphatic heterocycles. The molecule has 0 radical (unpaired) electrons. The molecule has 126 valence electrons. The Balaban J connectivity index is 1.76. The first-order chi connectivity index (χ1) is 12.2. The van der Waals surface area contributed by atoms with Gasteiger partial charge in [-0.05, 0) is 42.3 Å². The molecule has 0 unspecified atom stereocenters. The van der Waals surface area contributed by atoms with Crippen molar-refractivity contribution in [1.82, 2.24) is 14.9 Å². The fraction of sp³-hybridized carbons (Fsp3) is 0.200. The molecule has 0 saturated carbocycles. The molecule has 0 fully saturated rings. The lowest BCUT2D eigenvalue weighted by molar-refractivity contribution is 0.0918. The van der Waals surface area contributed by atoms with Crippen molar-refractivity contribution in [3.8, 4) is 0 Å². The number of benzene rings is 1. The Morgan fingerprint density at radius 1 is 1.24 bits per heavy atom. The van der Waals surface area contributed by atoms with Gasteiger partial charge in [0.2, 0.25) is 5.91 Å². The van der Waals surface area contributed by atoms with E-state index in [0.717, 1.165) is 36.1 Å². The van der Waals surface area contributed by atoms with Crippen LogP contribution in [-0.2, 0) is 6.42 Å².